The summed E-state index contributed by atoms with van der Waals surface area (Å²) < 4.78 is 8.26. The van der Waals surface area contributed by atoms with Crippen LogP contribution in [-0.2, 0) is 7.05 Å². The number of aromatic nitrogens is 2. The van der Waals surface area contributed by atoms with Crippen LogP contribution in [0.3, 0.4) is 0 Å². The molecule has 0 saturated heterocycles. The van der Waals surface area contributed by atoms with Gasteiger partial charge >= 0.3 is 0 Å². The topological polar surface area (TPSA) is 27.1 Å². The van der Waals surface area contributed by atoms with Gasteiger partial charge in [0.25, 0.3) is 0 Å². The van der Waals surface area contributed by atoms with Gasteiger partial charge in [0.1, 0.15) is 16.0 Å². The average molecular weight is 330 g/mol. The molecule has 0 unspecified atom stereocenters. The second-order valence-electron chi connectivity index (χ2n) is 4.20. The van der Waals surface area contributed by atoms with Gasteiger partial charge in [-0.05, 0) is 47.0 Å². The molecule has 5 heteroatoms. The van der Waals surface area contributed by atoms with Gasteiger partial charge in [0.15, 0.2) is 0 Å². The van der Waals surface area contributed by atoms with E-state index in [0.29, 0.717) is 0 Å². The van der Waals surface area contributed by atoms with Gasteiger partial charge < -0.3 is 9.30 Å². The Hall–Kier alpha value is -1.00. The highest BCUT2D eigenvalue weighted by atomic mass is 79.9. The Labute approximate surface area is 120 Å². The lowest BCUT2D eigenvalue weighted by Crippen LogP contribution is -1.95. The number of halogens is 2. The fraction of sp³-hybridized carbons (Fsp3) is 0.308. The van der Waals surface area contributed by atoms with Crippen molar-refractivity contribution >= 4 is 27.5 Å². The van der Waals surface area contributed by atoms with Crippen molar-refractivity contribution in [1.29, 1.82) is 0 Å². The quantitative estimate of drug-likeness (QED) is 0.828. The lowest BCUT2D eigenvalue weighted by molar-refractivity contribution is 0.415. The first-order valence-corrected chi connectivity index (χ1v) is 6.65. The number of imidazole rings is 1. The van der Waals surface area contributed by atoms with Crippen LogP contribution in [0.25, 0.3) is 11.3 Å². The van der Waals surface area contributed by atoms with Crippen LogP contribution in [0.1, 0.15) is 11.1 Å². The van der Waals surface area contributed by atoms with Gasteiger partial charge in [-0.3, -0.25) is 0 Å². The summed E-state index contributed by atoms with van der Waals surface area (Å²) in [6, 6.07) is 1.94. The molecule has 0 aliphatic heterocycles. The molecule has 3 nitrogen and oxygen atoms in total. The third-order valence-electron chi connectivity index (χ3n) is 2.97. The molecular formula is C13H14BrClN2O. The van der Waals surface area contributed by atoms with E-state index < -0.39 is 0 Å². The number of hydrogen-bond acceptors (Lipinski definition) is 2. The van der Waals surface area contributed by atoms with Crippen molar-refractivity contribution in [2.45, 2.75) is 13.8 Å². The maximum absolute atomic E-state index is 6.32. The van der Waals surface area contributed by atoms with Gasteiger partial charge in [-0.25, -0.2) is 4.98 Å². The molecule has 1 heterocycles. The summed E-state index contributed by atoms with van der Waals surface area (Å²) in [7, 11) is 3.58. The molecule has 0 aliphatic carbocycles. The van der Waals surface area contributed by atoms with E-state index >= 15 is 0 Å². The van der Waals surface area contributed by atoms with Gasteiger partial charge in [0.2, 0.25) is 0 Å². The first kappa shape index (κ1) is 13.4. The largest absolute Gasteiger partial charge is 0.496 e. The number of rotatable bonds is 2. The zero-order valence-electron chi connectivity index (χ0n) is 10.7. The second-order valence-corrected chi connectivity index (χ2v) is 5.33. The minimum Gasteiger partial charge on any atom is -0.496 e. The summed E-state index contributed by atoms with van der Waals surface area (Å²) in [5.74, 6) is 0.786. The molecule has 2 rings (SSSR count). The molecule has 0 N–H and O–H groups in total. The predicted molar refractivity (Wildman–Crippen MR) is 77.4 cm³/mol. The van der Waals surface area contributed by atoms with E-state index in [4.69, 9.17) is 16.3 Å². The minimum absolute atomic E-state index is 0.753. The van der Waals surface area contributed by atoms with E-state index in [-0.39, 0.29) is 0 Å². The van der Waals surface area contributed by atoms with Gasteiger partial charge in [-0.2, -0.15) is 0 Å². The number of methoxy groups -OCH3 is 1. The third kappa shape index (κ3) is 2.04. The molecule has 1 aromatic carbocycles. The molecule has 2 aromatic rings. The third-order valence-corrected chi connectivity index (χ3v) is 4.48. The average Bonchev–Trinajstić information content (AvgIpc) is 2.67. The van der Waals surface area contributed by atoms with Gasteiger partial charge in [0.05, 0.1) is 13.4 Å². The molecule has 0 amide bonds. The Kier molecular flexibility index (Phi) is 3.69. The lowest BCUT2D eigenvalue weighted by atomic mass is 10.0. The van der Waals surface area contributed by atoms with Crippen LogP contribution in [0, 0.1) is 13.8 Å². The Morgan fingerprint density at radius 1 is 1.39 bits per heavy atom. The number of benzene rings is 1. The Morgan fingerprint density at radius 3 is 2.56 bits per heavy atom. The molecule has 0 spiro atoms. The van der Waals surface area contributed by atoms with Crippen molar-refractivity contribution < 1.29 is 4.74 Å². The zero-order valence-corrected chi connectivity index (χ0v) is 13.1. The first-order valence-electron chi connectivity index (χ1n) is 5.48. The monoisotopic (exact) mass is 328 g/mol. The van der Waals surface area contributed by atoms with Gasteiger partial charge in [0, 0.05) is 17.6 Å². The van der Waals surface area contributed by atoms with Crippen molar-refractivity contribution in [2.75, 3.05) is 7.11 Å². The number of aryl methyl sites for hydroxylation is 2. The Morgan fingerprint density at radius 2 is 2.06 bits per heavy atom. The second kappa shape index (κ2) is 4.94. The number of hydrogen-bond donors (Lipinski definition) is 0. The van der Waals surface area contributed by atoms with Crippen LogP contribution >= 0.6 is 27.5 Å². The highest BCUT2D eigenvalue weighted by molar-refractivity contribution is 9.10. The van der Waals surface area contributed by atoms with E-state index in [1.165, 1.54) is 0 Å². The summed E-state index contributed by atoms with van der Waals surface area (Å²) in [5.41, 5.74) is 3.75. The van der Waals surface area contributed by atoms with Crippen molar-refractivity contribution in [3.63, 3.8) is 0 Å². The highest BCUT2D eigenvalue weighted by Crippen LogP contribution is 2.40. The fourth-order valence-electron chi connectivity index (χ4n) is 1.96. The van der Waals surface area contributed by atoms with Gasteiger partial charge in [-0.1, -0.05) is 11.6 Å². The molecule has 0 atom stereocenters. The van der Waals surface area contributed by atoms with Crippen molar-refractivity contribution in [3.8, 4) is 17.0 Å². The molecule has 0 fully saturated rings. The maximum Gasteiger partial charge on any atom is 0.128 e. The van der Waals surface area contributed by atoms with Crippen LogP contribution in [0.2, 0.25) is 5.02 Å². The van der Waals surface area contributed by atoms with Crippen molar-refractivity contribution in [3.05, 3.63) is 33.1 Å². The van der Waals surface area contributed by atoms with E-state index in [1.54, 1.807) is 13.4 Å². The molecule has 0 bridgehead atoms. The number of ether oxygens (including phenoxy) is 1. The van der Waals surface area contributed by atoms with Crippen LogP contribution in [0.4, 0.5) is 0 Å². The van der Waals surface area contributed by atoms with Crippen molar-refractivity contribution in [2.24, 2.45) is 7.05 Å². The molecule has 1 aromatic heterocycles. The Balaban J connectivity index is 2.78. The smallest absolute Gasteiger partial charge is 0.128 e. The Bertz CT molecular complexity index is 608. The van der Waals surface area contributed by atoms with E-state index in [0.717, 1.165) is 37.8 Å². The molecule has 96 valence electrons. The fourth-order valence-corrected chi connectivity index (χ4v) is 2.50. The minimum atomic E-state index is 0.753. The summed E-state index contributed by atoms with van der Waals surface area (Å²) in [4.78, 5) is 4.40. The predicted octanol–water partition coefficient (Wildman–Crippen LogP) is 4.13. The zero-order chi connectivity index (χ0) is 13.4. The van der Waals surface area contributed by atoms with E-state index in [2.05, 4.69) is 20.9 Å². The normalized spacial score (nSPS) is 10.8. The molecule has 0 saturated carbocycles. The molecule has 18 heavy (non-hydrogen) atoms. The van der Waals surface area contributed by atoms with Crippen LogP contribution in [0.15, 0.2) is 17.0 Å². The van der Waals surface area contributed by atoms with Crippen LogP contribution in [0.5, 0.6) is 5.75 Å². The summed E-state index contributed by atoms with van der Waals surface area (Å²) in [6.45, 7) is 3.95. The van der Waals surface area contributed by atoms with E-state index in [1.807, 2.05) is 31.5 Å². The molecule has 0 radical (unpaired) electrons. The molecular weight excluding hydrogens is 316 g/mol. The van der Waals surface area contributed by atoms with Gasteiger partial charge in [-0.15, -0.1) is 0 Å². The molecule has 0 aliphatic rings. The SMILES string of the molecule is COc1cc(C)c(Cl)c(C)c1-c1ncn(C)c1Br. The summed E-state index contributed by atoms with van der Waals surface area (Å²) >= 11 is 9.84. The van der Waals surface area contributed by atoms with Crippen LogP contribution < -0.4 is 4.74 Å². The highest BCUT2D eigenvalue weighted by Gasteiger charge is 2.19. The lowest BCUT2D eigenvalue weighted by Gasteiger charge is -2.14. The number of nitrogens with zero attached hydrogens (tertiary/aromatic N) is 2. The first-order chi connectivity index (χ1) is 8.47. The van der Waals surface area contributed by atoms with Crippen LogP contribution in [-0.4, -0.2) is 16.7 Å². The van der Waals surface area contributed by atoms with E-state index in [9.17, 15) is 0 Å². The summed E-state index contributed by atoms with van der Waals surface area (Å²) in [5, 5.41) is 0.753. The standard InChI is InChI=1S/C13H14BrClN2O/c1-7-5-9(18-4)10(8(2)11(7)15)12-13(14)17(3)6-16-12/h5-6H,1-4H3. The maximum atomic E-state index is 6.32. The van der Waals surface area contributed by atoms with Crippen molar-refractivity contribution in [1.82, 2.24) is 9.55 Å². The summed E-state index contributed by atoms with van der Waals surface area (Å²) in [6.07, 6.45) is 1.76.